The van der Waals surface area contributed by atoms with E-state index in [0.29, 0.717) is 6.42 Å². The molecule has 0 radical (unpaired) electrons. The number of ether oxygens (including phenoxy) is 1. The second-order valence-electron chi connectivity index (χ2n) is 6.71. The quantitative estimate of drug-likeness (QED) is 0.606. The lowest BCUT2D eigenvalue weighted by Crippen LogP contribution is -2.52. The van der Waals surface area contributed by atoms with Crippen LogP contribution in [-0.2, 0) is 26.2 Å². The van der Waals surface area contributed by atoms with E-state index in [9.17, 15) is 27.9 Å². The zero-order chi connectivity index (χ0) is 19.7. The molecule has 1 aliphatic carbocycles. The molecule has 0 bridgehead atoms. The topological polar surface area (TPSA) is 89.6 Å². The van der Waals surface area contributed by atoms with E-state index < -0.39 is 23.5 Å². The van der Waals surface area contributed by atoms with Gasteiger partial charge in [0.25, 0.3) is 0 Å². The van der Waals surface area contributed by atoms with Crippen molar-refractivity contribution in [3.05, 3.63) is 29.3 Å². The highest BCUT2D eigenvalue weighted by Crippen LogP contribution is 2.41. The highest BCUT2D eigenvalue weighted by molar-refractivity contribution is 8.00. The molecule has 0 amide bonds. The SMILES string of the molecule is CC1(C)c2cc(O)ccc2CC(SCCC(=O)OC(=O)C(F)(F)F)C1N. The number of carbonyl (C=O) groups excluding carboxylic acids is 2. The maximum atomic E-state index is 12.1. The predicted octanol–water partition coefficient (Wildman–Crippen LogP) is 2.68. The molecule has 0 aromatic heterocycles. The van der Waals surface area contributed by atoms with Crippen molar-refractivity contribution in [2.75, 3.05) is 5.75 Å². The zero-order valence-electron chi connectivity index (χ0n) is 14.3. The number of thioether (sulfide) groups is 1. The molecular formula is C17H20F3NO4S. The number of hydrogen-bond acceptors (Lipinski definition) is 6. The van der Waals surface area contributed by atoms with Gasteiger partial charge >= 0.3 is 18.1 Å². The number of hydrogen-bond donors (Lipinski definition) is 2. The molecule has 2 atom stereocenters. The van der Waals surface area contributed by atoms with Crippen LogP contribution in [0.1, 0.15) is 31.4 Å². The Hall–Kier alpha value is -1.74. The summed E-state index contributed by atoms with van der Waals surface area (Å²) in [5.41, 5.74) is 7.92. The van der Waals surface area contributed by atoms with Gasteiger partial charge in [-0.25, -0.2) is 4.79 Å². The Balaban J connectivity index is 1.96. The Bertz CT molecular complexity index is 706. The molecule has 0 saturated carbocycles. The predicted molar refractivity (Wildman–Crippen MR) is 90.8 cm³/mol. The van der Waals surface area contributed by atoms with Gasteiger partial charge in [0.2, 0.25) is 0 Å². The third-order valence-electron chi connectivity index (χ3n) is 4.52. The summed E-state index contributed by atoms with van der Waals surface area (Å²) in [6, 6.07) is 4.82. The second-order valence-corrected chi connectivity index (χ2v) is 8.06. The number of carbonyl (C=O) groups is 2. The summed E-state index contributed by atoms with van der Waals surface area (Å²) < 4.78 is 40.0. The van der Waals surface area contributed by atoms with E-state index in [4.69, 9.17) is 5.73 Å². The Labute approximate surface area is 153 Å². The van der Waals surface area contributed by atoms with Gasteiger partial charge < -0.3 is 15.6 Å². The fraction of sp³-hybridized carbons (Fsp3) is 0.529. The van der Waals surface area contributed by atoms with Crippen LogP contribution in [0.25, 0.3) is 0 Å². The molecule has 1 aliphatic rings. The van der Waals surface area contributed by atoms with E-state index in [1.165, 1.54) is 11.8 Å². The Kier molecular flexibility index (Phi) is 5.92. The first-order valence-corrected chi connectivity index (χ1v) is 8.99. The monoisotopic (exact) mass is 391 g/mol. The molecule has 0 aliphatic heterocycles. The van der Waals surface area contributed by atoms with Crippen LogP contribution in [0.3, 0.4) is 0 Å². The van der Waals surface area contributed by atoms with Gasteiger partial charge in [0, 0.05) is 22.5 Å². The van der Waals surface area contributed by atoms with Gasteiger partial charge in [0.15, 0.2) is 0 Å². The number of fused-ring (bicyclic) bond motifs is 1. The normalized spacial score (nSPS) is 21.8. The van der Waals surface area contributed by atoms with Crippen LogP contribution >= 0.6 is 11.8 Å². The molecule has 0 saturated heterocycles. The Morgan fingerprint density at radius 2 is 2.04 bits per heavy atom. The van der Waals surface area contributed by atoms with Crippen molar-refractivity contribution in [3.8, 4) is 5.75 Å². The Morgan fingerprint density at radius 1 is 1.38 bits per heavy atom. The number of rotatable bonds is 4. The lowest BCUT2D eigenvalue weighted by molar-refractivity contribution is -0.201. The van der Waals surface area contributed by atoms with E-state index in [-0.39, 0.29) is 29.2 Å². The molecule has 0 spiro atoms. The molecule has 1 aromatic rings. The van der Waals surface area contributed by atoms with Crippen LogP contribution in [-0.4, -0.2) is 40.3 Å². The minimum absolute atomic E-state index is 0.0619. The standard InChI is InChI=1S/C17H20F3NO4S/c1-16(2)11-8-10(22)4-3-9(11)7-12(14(16)21)26-6-5-13(23)25-15(24)17(18,19)20/h3-4,8,12,14,22H,5-7,21H2,1-2H3. The highest BCUT2D eigenvalue weighted by Gasteiger charge is 2.43. The summed E-state index contributed by atoms with van der Waals surface area (Å²) in [5.74, 6) is -3.37. The summed E-state index contributed by atoms with van der Waals surface area (Å²) in [6.45, 7) is 3.91. The van der Waals surface area contributed by atoms with Crippen molar-refractivity contribution in [1.29, 1.82) is 0 Å². The third-order valence-corrected chi connectivity index (χ3v) is 5.85. The van der Waals surface area contributed by atoms with Gasteiger partial charge in [-0.15, -0.1) is 0 Å². The minimum Gasteiger partial charge on any atom is -0.508 e. The zero-order valence-corrected chi connectivity index (χ0v) is 15.1. The van der Waals surface area contributed by atoms with Crippen molar-refractivity contribution in [2.24, 2.45) is 5.73 Å². The van der Waals surface area contributed by atoms with Gasteiger partial charge in [-0.1, -0.05) is 19.9 Å². The maximum absolute atomic E-state index is 12.1. The van der Waals surface area contributed by atoms with Crippen molar-refractivity contribution < 1.29 is 32.6 Å². The molecule has 0 fully saturated rings. The minimum atomic E-state index is -5.19. The average molecular weight is 391 g/mol. The molecule has 2 rings (SSSR count). The molecule has 1 aromatic carbocycles. The molecule has 3 N–H and O–H groups in total. The van der Waals surface area contributed by atoms with Crippen LogP contribution in [0, 0.1) is 0 Å². The van der Waals surface area contributed by atoms with Crippen LogP contribution in [0.15, 0.2) is 18.2 Å². The van der Waals surface area contributed by atoms with Crippen molar-refractivity contribution in [2.45, 2.75) is 49.6 Å². The molecule has 0 heterocycles. The van der Waals surface area contributed by atoms with E-state index >= 15 is 0 Å². The number of benzene rings is 1. The third kappa shape index (κ3) is 4.50. The number of esters is 2. The number of halogens is 3. The maximum Gasteiger partial charge on any atom is 0.491 e. The summed E-state index contributed by atoms with van der Waals surface area (Å²) in [7, 11) is 0. The van der Waals surface area contributed by atoms with Gasteiger partial charge in [0.05, 0.1) is 6.42 Å². The lowest BCUT2D eigenvalue weighted by Gasteiger charge is -2.43. The van der Waals surface area contributed by atoms with E-state index in [1.807, 2.05) is 19.9 Å². The average Bonchev–Trinajstić information content (AvgIpc) is 2.52. The van der Waals surface area contributed by atoms with Crippen LogP contribution in [0.5, 0.6) is 5.75 Å². The first-order chi connectivity index (χ1) is 11.9. The highest BCUT2D eigenvalue weighted by atomic mass is 32.2. The molecule has 144 valence electrons. The van der Waals surface area contributed by atoms with Crippen molar-refractivity contribution in [1.82, 2.24) is 0 Å². The van der Waals surface area contributed by atoms with Gasteiger partial charge in [-0.3, -0.25) is 4.79 Å². The first-order valence-electron chi connectivity index (χ1n) is 7.94. The summed E-state index contributed by atoms with van der Waals surface area (Å²) in [5, 5.41) is 9.64. The van der Waals surface area contributed by atoms with Gasteiger partial charge in [-0.2, -0.15) is 24.9 Å². The second kappa shape index (κ2) is 7.48. The molecule has 26 heavy (non-hydrogen) atoms. The molecule has 2 unspecified atom stereocenters. The van der Waals surface area contributed by atoms with E-state index in [2.05, 4.69) is 4.74 Å². The Morgan fingerprint density at radius 3 is 2.65 bits per heavy atom. The lowest BCUT2D eigenvalue weighted by atomic mass is 9.69. The summed E-state index contributed by atoms with van der Waals surface area (Å²) in [6.07, 6.45) is -4.90. The van der Waals surface area contributed by atoms with Crippen LogP contribution in [0.4, 0.5) is 13.2 Å². The number of aromatic hydroxyl groups is 1. The number of nitrogens with two attached hydrogens (primary N) is 1. The number of phenols is 1. The fourth-order valence-corrected chi connectivity index (χ4v) is 4.43. The first kappa shape index (κ1) is 20.6. The van der Waals surface area contributed by atoms with Crippen LogP contribution in [0.2, 0.25) is 0 Å². The molecule has 5 nitrogen and oxygen atoms in total. The van der Waals surface area contributed by atoms with E-state index in [0.717, 1.165) is 11.1 Å². The molecule has 9 heteroatoms. The van der Waals surface area contributed by atoms with Crippen molar-refractivity contribution >= 4 is 23.7 Å². The largest absolute Gasteiger partial charge is 0.508 e. The summed E-state index contributed by atoms with van der Waals surface area (Å²) in [4.78, 5) is 22.0. The van der Waals surface area contributed by atoms with E-state index in [1.54, 1.807) is 12.1 Å². The smallest absolute Gasteiger partial charge is 0.491 e. The number of phenolic OH excluding ortho intramolecular Hbond substituents is 1. The van der Waals surface area contributed by atoms with Crippen LogP contribution < -0.4 is 5.73 Å². The molecular weight excluding hydrogens is 371 g/mol. The van der Waals surface area contributed by atoms with Gasteiger partial charge in [-0.05, 0) is 29.7 Å². The van der Waals surface area contributed by atoms with Crippen molar-refractivity contribution in [3.63, 3.8) is 0 Å². The van der Waals surface area contributed by atoms with Gasteiger partial charge in [0.1, 0.15) is 5.75 Å². The summed E-state index contributed by atoms with van der Waals surface area (Å²) >= 11 is 1.36. The number of alkyl halides is 3. The fourth-order valence-electron chi connectivity index (χ4n) is 3.00.